The number of hydrogen-bond donors (Lipinski definition) is 2. The van der Waals surface area contributed by atoms with E-state index in [1.54, 1.807) is 0 Å². The summed E-state index contributed by atoms with van der Waals surface area (Å²) in [6, 6.07) is 0. The molecule has 0 atom stereocenters. The van der Waals surface area contributed by atoms with E-state index in [-0.39, 0.29) is 0 Å². The molecule has 0 aliphatic carbocycles. The summed E-state index contributed by atoms with van der Waals surface area (Å²) in [5.41, 5.74) is 0. The van der Waals surface area contributed by atoms with Crippen molar-refractivity contribution in [2.24, 2.45) is 0 Å². The highest BCUT2D eigenvalue weighted by molar-refractivity contribution is 5.62. The van der Waals surface area contributed by atoms with E-state index in [2.05, 4.69) is 30.6 Å². The van der Waals surface area contributed by atoms with Crippen LogP contribution in [0.1, 0.15) is 26.7 Å². The Balaban J connectivity index is 0. The summed E-state index contributed by atoms with van der Waals surface area (Å²) in [5.74, 6) is 9.77. The Morgan fingerprint density at radius 1 is 1.43 bits per heavy atom. The van der Waals surface area contributed by atoms with Crippen molar-refractivity contribution in [3.05, 3.63) is 12.3 Å². The van der Waals surface area contributed by atoms with E-state index < -0.39 is 5.97 Å². The molecule has 0 aromatic rings. The van der Waals surface area contributed by atoms with Crippen LogP contribution in [0, 0.1) is 23.7 Å². The van der Waals surface area contributed by atoms with Crippen LogP contribution in [0.25, 0.3) is 0 Å². The summed E-state index contributed by atoms with van der Waals surface area (Å²) < 4.78 is 0. The van der Waals surface area contributed by atoms with Crippen molar-refractivity contribution in [2.75, 3.05) is 0 Å². The number of aliphatic carboxylic acids is 1. The number of allylic oxidation sites excluding steroid dienone is 1. The quantitative estimate of drug-likeness (QED) is 0.495. The van der Waals surface area contributed by atoms with E-state index in [9.17, 15) is 0 Å². The van der Waals surface area contributed by atoms with Gasteiger partial charge < -0.3 is 10.2 Å². The third-order valence-electron chi connectivity index (χ3n) is 0.756. The van der Waals surface area contributed by atoms with Crippen LogP contribution in [0.15, 0.2) is 12.3 Å². The first-order valence-electron chi connectivity index (χ1n) is 4.12. The molecular formula is C11H14O3. The number of hydrogen-bond acceptors (Lipinski definition) is 2. The number of carbonyl (C=O) groups is 1. The maximum atomic E-state index is 9.00. The SMILES string of the molecule is CC(=O)O.CCCC#CC#CC=CO. The Labute approximate surface area is 84.5 Å². The fourth-order valence-electron chi connectivity index (χ4n) is 0.347. The van der Waals surface area contributed by atoms with E-state index in [4.69, 9.17) is 15.0 Å². The van der Waals surface area contributed by atoms with Gasteiger partial charge in [0.25, 0.3) is 5.97 Å². The Morgan fingerprint density at radius 2 is 2.00 bits per heavy atom. The predicted octanol–water partition coefficient (Wildman–Crippen LogP) is 1.96. The van der Waals surface area contributed by atoms with E-state index in [0.717, 1.165) is 26.0 Å². The average molecular weight is 194 g/mol. The number of carboxylic acids is 1. The summed E-state index contributed by atoms with van der Waals surface area (Å²) >= 11 is 0. The number of aliphatic hydroxyl groups excluding tert-OH is 1. The Kier molecular flexibility index (Phi) is 14.3. The van der Waals surface area contributed by atoms with Crippen LogP contribution in [0.4, 0.5) is 0 Å². The van der Waals surface area contributed by atoms with Gasteiger partial charge in [0.2, 0.25) is 0 Å². The first-order chi connectivity index (χ1) is 6.65. The van der Waals surface area contributed by atoms with Gasteiger partial charge in [-0.2, -0.15) is 0 Å². The fourth-order valence-corrected chi connectivity index (χ4v) is 0.347. The summed E-state index contributed by atoms with van der Waals surface area (Å²) in [5, 5.41) is 15.6. The molecule has 0 aliphatic heterocycles. The van der Waals surface area contributed by atoms with Gasteiger partial charge in [-0.25, -0.2) is 0 Å². The van der Waals surface area contributed by atoms with E-state index >= 15 is 0 Å². The van der Waals surface area contributed by atoms with Gasteiger partial charge in [-0.15, -0.1) is 0 Å². The third-order valence-corrected chi connectivity index (χ3v) is 0.756. The number of aliphatic hydroxyl groups is 1. The Hall–Kier alpha value is -1.87. The normalized spacial score (nSPS) is 7.29. The van der Waals surface area contributed by atoms with E-state index in [0.29, 0.717) is 0 Å². The number of carboxylic acid groups (broad SMARTS) is 1. The standard InChI is InChI=1S/C9H10O.C2H4O2/c1-2-3-4-5-6-7-8-9-10;1-2(3)4/h8-10H,2-3H2,1H3;1H3,(H,3,4). The van der Waals surface area contributed by atoms with Crippen LogP contribution < -0.4 is 0 Å². The lowest BCUT2D eigenvalue weighted by Gasteiger charge is -1.72. The first kappa shape index (κ1) is 14.6. The highest BCUT2D eigenvalue weighted by Crippen LogP contribution is 1.79. The second kappa shape index (κ2) is 13.7. The van der Waals surface area contributed by atoms with Crippen LogP contribution in [0.2, 0.25) is 0 Å². The lowest BCUT2D eigenvalue weighted by Crippen LogP contribution is -1.78. The fraction of sp³-hybridized carbons (Fsp3) is 0.364. The molecule has 0 aromatic carbocycles. The molecule has 0 aliphatic rings. The molecular weight excluding hydrogens is 180 g/mol. The first-order valence-corrected chi connectivity index (χ1v) is 4.12. The van der Waals surface area contributed by atoms with Crippen LogP contribution in [-0.4, -0.2) is 16.2 Å². The largest absolute Gasteiger partial charge is 0.515 e. The van der Waals surface area contributed by atoms with Crippen LogP contribution in [0.5, 0.6) is 0 Å². The van der Waals surface area contributed by atoms with Gasteiger partial charge in [-0.1, -0.05) is 18.8 Å². The molecule has 0 saturated carbocycles. The van der Waals surface area contributed by atoms with Crippen molar-refractivity contribution in [3.63, 3.8) is 0 Å². The van der Waals surface area contributed by atoms with E-state index in [1.807, 2.05) is 0 Å². The van der Waals surface area contributed by atoms with Crippen molar-refractivity contribution < 1.29 is 15.0 Å². The van der Waals surface area contributed by atoms with E-state index in [1.165, 1.54) is 6.08 Å². The molecule has 3 nitrogen and oxygen atoms in total. The molecule has 76 valence electrons. The molecule has 0 bridgehead atoms. The number of unbranched alkanes of at least 4 members (excludes halogenated alkanes) is 1. The summed E-state index contributed by atoms with van der Waals surface area (Å²) in [4.78, 5) is 9.00. The van der Waals surface area contributed by atoms with Gasteiger partial charge in [0.1, 0.15) is 0 Å². The van der Waals surface area contributed by atoms with Gasteiger partial charge in [0.05, 0.1) is 6.26 Å². The predicted molar refractivity (Wildman–Crippen MR) is 55.5 cm³/mol. The van der Waals surface area contributed by atoms with Crippen molar-refractivity contribution >= 4 is 5.97 Å². The summed E-state index contributed by atoms with van der Waals surface area (Å²) in [7, 11) is 0. The molecule has 14 heavy (non-hydrogen) atoms. The lowest BCUT2D eigenvalue weighted by molar-refractivity contribution is -0.134. The molecule has 0 aromatic heterocycles. The van der Waals surface area contributed by atoms with Crippen molar-refractivity contribution in [1.29, 1.82) is 0 Å². The van der Waals surface area contributed by atoms with Crippen molar-refractivity contribution in [2.45, 2.75) is 26.7 Å². The molecule has 3 heteroatoms. The van der Waals surface area contributed by atoms with Crippen molar-refractivity contribution in [3.8, 4) is 23.7 Å². The highest BCUT2D eigenvalue weighted by Gasteiger charge is 1.66. The number of rotatable bonds is 1. The van der Waals surface area contributed by atoms with Gasteiger partial charge >= 0.3 is 0 Å². The summed E-state index contributed by atoms with van der Waals surface area (Å²) in [6.45, 7) is 3.15. The average Bonchev–Trinajstić information content (AvgIpc) is 2.10. The van der Waals surface area contributed by atoms with Crippen molar-refractivity contribution in [1.82, 2.24) is 0 Å². The molecule has 0 rings (SSSR count). The molecule has 0 spiro atoms. The molecule has 0 amide bonds. The minimum atomic E-state index is -0.833. The minimum absolute atomic E-state index is 0.833. The molecule has 0 heterocycles. The molecule has 0 unspecified atom stereocenters. The molecule has 2 N–H and O–H groups in total. The Morgan fingerprint density at radius 3 is 2.43 bits per heavy atom. The van der Waals surface area contributed by atoms with Gasteiger partial charge in [0.15, 0.2) is 0 Å². The van der Waals surface area contributed by atoms with Gasteiger partial charge in [0, 0.05) is 19.4 Å². The topological polar surface area (TPSA) is 57.5 Å². The second-order valence-corrected chi connectivity index (χ2v) is 2.16. The lowest BCUT2D eigenvalue weighted by atomic mass is 10.3. The molecule has 0 radical (unpaired) electrons. The van der Waals surface area contributed by atoms with Gasteiger partial charge in [-0.05, 0) is 18.3 Å². The Bertz CT molecular complexity index is 277. The van der Waals surface area contributed by atoms with Gasteiger partial charge in [-0.3, -0.25) is 4.79 Å². The summed E-state index contributed by atoms with van der Waals surface area (Å²) in [6.07, 6.45) is 4.19. The van der Waals surface area contributed by atoms with Crippen LogP contribution >= 0.6 is 0 Å². The minimum Gasteiger partial charge on any atom is -0.515 e. The molecule has 0 fully saturated rings. The highest BCUT2D eigenvalue weighted by atomic mass is 16.4. The third kappa shape index (κ3) is 32.1. The zero-order valence-electron chi connectivity index (χ0n) is 8.37. The van der Waals surface area contributed by atoms with Crippen LogP contribution in [-0.2, 0) is 4.79 Å². The van der Waals surface area contributed by atoms with Crippen LogP contribution in [0.3, 0.4) is 0 Å². The smallest absolute Gasteiger partial charge is 0.300 e. The zero-order chi connectivity index (χ0) is 11.2. The monoisotopic (exact) mass is 194 g/mol. The maximum absolute atomic E-state index is 9.00. The zero-order valence-corrected chi connectivity index (χ0v) is 8.37. The second-order valence-electron chi connectivity index (χ2n) is 2.16. The maximum Gasteiger partial charge on any atom is 0.300 e. The molecule has 0 saturated heterocycles.